The summed E-state index contributed by atoms with van der Waals surface area (Å²) in [6.45, 7) is 3.18. The maximum Gasteiger partial charge on any atom is 0.343 e. The van der Waals surface area contributed by atoms with Gasteiger partial charge in [0.15, 0.2) is 0 Å². The van der Waals surface area contributed by atoms with Gasteiger partial charge >= 0.3 is 11.9 Å². The third-order valence-corrected chi connectivity index (χ3v) is 2.73. The van der Waals surface area contributed by atoms with Crippen LogP contribution in [0.25, 0.3) is 0 Å². The van der Waals surface area contributed by atoms with Crippen LogP contribution in [0.3, 0.4) is 0 Å². The van der Waals surface area contributed by atoms with E-state index in [9.17, 15) is 9.59 Å². The first kappa shape index (κ1) is 15.4. The molecule has 0 spiro atoms. The van der Waals surface area contributed by atoms with Crippen molar-refractivity contribution in [3.63, 3.8) is 0 Å². The first-order valence-corrected chi connectivity index (χ1v) is 6.64. The molecule has 0 heterocycles. The number of aryl methyl sites for hydroxylation is 1. The molecule has 2 rings (SSSR count). The van der Waals surface area contributed by atoms with Crippen molar-refractivity contribution in [3.8, 4) is 5.75 Å². The first-order chi connectivity index (χ1) is 10.5. The summed E-state index contributed by atoms with van der Waals surface area (Å²) in [5, 5.41) is 3.51. The number of rotatable bonds is 4. The van der Waals surface area contributed by atoms with E-state index in [1.54, 1.807) is 42.5 Å². The van der Waals surface area contributed by atoms with Crippen LogP contribution in [-0.4, -0.2) is 18.2 Å². The lowest BCUT2D eigenvalue weighted by Crippen LogP contribution is -2.08. The van der Waals surface area contributed by atoms with E-state index in [4.69, 9.17) is 4.74 Å². The second-order valence-corrected chi connectivity index (χ2v) is 4.65. The Labute approximate surface area is 128 Å². The summed E-state index contributed by atoms with van der Waals surface area (Å²) in [7, 11) is 0. The second-order valence-electron chi connectivity index (χ2n) is 4.65. The maximum absolute atomic E-state index is 12.0. The number of benzene rings is 2. The van der Waals surface area contributed by atoms with E-state index >= 15 is 0 Å². The van der Waals surface area contributed by atoms with Gasteiger partial charge in [0, 0.05) is 6.92 Å². The molecule has 2 aromatic carbocycles. The lowest BCUT2D eigenvalue weighted by atomic mass is 10.1. The van der Waals surface area contributed by atoms with Crippen molar-refractivity contribution in [2.24, 2.45) is 5.16 Å². The largest absolute Gasteiger partial charge is 0.423 e. The normalized spacial score (nSPS) is 10.5. The van der Waals surface area contributed by atoms with Gasteiger partial charge in [-0.1, -0.05) is 22.9 Å². The highest BCUT2D eigenvalue weighted by Crippen LogP contribution is 2.14. The molecule has 0 aliphatic heterocycles. The van der Waals surface area contributed by atoms with Gasteiger partial charge in [-0.3, -0.25) is 0 Å². The molecule has 2 aromatic rings. The van der Waals surface area contributed by atoms with Crippen LogP contribution in [0, 0.1) is 6.92 Å². The first-order valence-electron chi connectivity index (χ1n) is 6.64. The second kappa shape index (κ2) is 7.17. The van der Waals surface area contributed by atoms with Crippen LogP contribution < -0.4 is 4.74 Å². The van der Waals surface area contributed by atoms with E-state index < -0.39 is 11.9 Å². The van der Waals surface area contributed by atoms with Crippen LogP contribution in [0.2, 0.25) is 0 Å². The molecule has 0 fully saturated rings. The highest BCUT2D eigenvalue weighted by molar-refractivity contribution is 5.91. The monoisotopic (exact) mass is 297 g/mol. The number of oxime groups is 1. The van der Waals surface area contributed by atoms with Gasteiger partial charge in [0.05, 0.1) is 11.8 Å². The van der Waals surface area contributed by atoms with Crippen LogP contribution in [0.4, 0.5) is 0 Å². The minimum Gasteiger partial charge on any atom is -0.423 e. The summed E-state index contributed by atoms with van der Waals surface area (Å²) in [4.78, 5) is 27.0. The average molecular weight is 297 g/mol. The molecule has 0 unspecified atom stereocenters. The predicted molar refractivity (Wildman–Crippen MR) is 81.9 cm³/mol. The van der Waals surface area contributed by atoms with Crippen molar-refractivity contribution in [3.05, 3.63) is 65.2 Å². The Bertz CT molecular complexity index is 705. The number of nitrogens with zero attached hydrogens (tertiary/aromatic N) is 1. The quantitative estimate of drug-likeness (QED) is 0.286. The number of esters is 1. The minimum atomic E-state index is -0.486. The fourth-order valence-corrected chi connectivity index (χ4v) is 1.72. The van der Waals surface area contributed by atoms with Crippen LogP contribution >= 0.6 is 0 Å². The van der Waals surface area contributed by atoms with E-state index in [2.05, 4.69) is 9.99 Å². The van der Waals surface area contributed by atoms with Crippen LogP contribution in [0.1, 0.15) is 28.4 Å². The van der Waals surface area contributed by atoms with Gasteiger partial charge in [0.2, 0.25) is 0 Å². The summed E-state index contributed by atoms with van der Waals surface area (Å²) >= 11 is 0. The summed E-state index contributed by atoms with van der Waals surface area (Å²) in [5.41, 5.74) is 2.21. The van der Waals surface area contributed by atoms with Gasteiger partial charge in [-0.2, -0.15) is 0 Å². The van der Waals surface area contributed by atoms with Crippen molar-refractivity contribution in [2.45, 2.75) is 13.8 Å². The van der Waals surface area contributed by atoms with Crippen LogP contribution in [0.15, 0.2) is 53.7 Å². The molecule has 0 aliphatic rings. The van der Waals surface area contributed by atoms with Gasteiger partial charge < -0.3 is 9.57 Å². The molecule has 112 valence electrons. The highest BCUT2D eigenvalue weighted by Gasteiger charge is 2.08. The molecule has 5 heteroatoms. The minimum absolute atomic E-state index is 0.412. The van der Waals surface area contributed by atoms with Crippen LogP contribution in [0.5, 0.6) is 5.75 Å². The Morgan fingerprint density at radius 3 is 2.45 bits per heavy atom. The summed E-state index contributed by atoms with van der Waals surface area (Å²) in [5.74, 6) is -0.471. The van der Waals surface area contributed by atoms with E-state index in [1.165, 1.54) is 13.1 Å². The highest BCUT2D eigenvalue weighted by atomic mass is 16.7. The third kappa shape index (κ3) is 4.56. The zero-order chi connectivity index (χ0) is 15.9. The Hall–Kier alpha value is -2.95. The smallest absolute Gasteiger partial charge is 0.343 e. The fraction of sp³-hybridized carbons (Fsp3) is 0.118. The van der Waals surface area contributed by atoms with Gasteiger partial charge in [-0.25, -0.2) is 9.59 Å². The predicted octanol–water partition coefficient (Wildman–Crippen LogP) is 3.11. The van der Waals surface area contributed by atoms with Gasteiger partial charge in [0.25, 0.3) is 0 Å². The summed E-state index contributed by atoms with van der Waals surface area (Å²) < 4.78 is 5.28. The van der Waals surface area contributed by atoms with Crippen LogP contribution in [-0.2, 0) is 9.63 Å². The molecule has 0 bridgehead atoms. The van der Waals surface area contributed by atoms with Crippen molar-refractivity contribution in [2.75, 3.05) is 0 Å². The number of carbonyl (C=O) groups is 2. The molecule has 0 saturated carbocycles. The maximum atomic E-state index is 12.0. The van der Waals surface area contributed by atoms with E-state index in [0.717, 1.165) is 11.1 Å². The molecule has 22 heavy (non-hydrogen) atoms. The molecule has 0 N–H and O–H groups in total. The van der Waals surface area contributed by atoms with Crippen molar-refractivity contribution in [1.29, 1.82) is 0 Å². The lowest BCUT2D eigenvalue weighted by molar-refractivity contribution is -0.140. The van der Waals surface area contributed by atoms with Gasteiger partial charge in [-0.05, 0) is 48.9 Å². The zero-order valence-electron chi connectivity index (χ0n) is 12.3. The number of ether oxygens (including phenoxy) is 1. The van der Waals surface area contributed by atoms with Gasteiger partial charge in [-0.15, -0.1) is 0 Å². The summed E-state index contributed by atoms with van der Waals surface area (Å²) in [6.07, 6.45) is 1.40. The van der Waals surface area contributed by atoms with Crippen molar-refractivity contribution < 1.29 is 19.2 Å². The standard InChI is InChI=1S/C17H15NO4/c1-12-4-3-5-15(10-12)17(20)21-16-8-6-14(7-9-16)11-18-22-13(2)19/h3-11H,1-2H3/b18-11+. The average Bonchev–Trinajstić information content (AvgIpc) is 2.48. The number of carbonyl (C=O) groups excluding carboxylic acids is 2. The van der Waals surface area contributed by atoms with E-state index in [-0.39, 0.29) is 0 Å². The number of hydrogen-bond donors (Lipinski definition) is 0. The van der Waals surface area contributed by atoms with Gasteiger partial charge in [0.1, 0.15) is 5.75 Å². The van der Waals surface area contributed by atoms with Crippen molar-refractivity contribution >= 4 is 18.2 Å². The molecule has 0 aliphatic carbocycles. The topological polar surface area (TPSA) is 65.0 Å². The Kier molecular flexibility index (Phi) is 5.03. The zero-order valence-corrected chi connectivity index (χ0v) is 12.3. The molecule has 0 saturated heterocycles. The SMILES string of the molecule is CC(=O)O/N=C/c1ccc(OC(=O)c2cccc(C)c2)cc1. The fourth-order valence-electron chi connectivity index (χ4n) is 1.72. The third-order valence-electron chi connectivity index (χ3n) is 2.73. The van der Waals surface area contributed by atoms with E-state index in [1.807, 2.05) is 13.0 Å². The molecular weight excluding hydrogens is 282 g/mol. The Morgan fingerprint density at radius 2 is 1.82 bits per heavy atom. The lowest BCUT2D eigenvalue weighted by Gasteiger charge is -2.05. The molecule has 5 nitrogen and oxygen atoms in total. The summed E-state index contributed by atoms with van der Waals surface area (Å²) in [6, 6.07) is 13.9. The Balaban J connectivity index is 2.00. The van der Waals surface area contributed by atoms with E-state index in [0.29, 0.717) is 11.3 Å². The Morgan fingerprint density at radius 1 is 1.09 bits per heavy atom. The molecular formula is C17H15NO4. The molecule has 0 aromatic heterocycles. The molecule has 0 amide bonds. The molecule has 0 atom stereocenters. The van der Waals surface area contributed by atoms with Crippen molar-refractivity contribution in [1.82, 2.24) is 0 Å². The number of hydrogen-bond acceptors (Lipinski definition) is 5. The molecule has 0 radical (unpaired) electrons.